The van der Waals surface area contributed by atoms with Crippen LogP contribution in [0.1, 0.15) is 37.8 Å². The van der Waals surface area contributed by atoms with Crippen LogP contribution in [0.3, 0.4) is 0 Å². The Kier molecular flexibility index (Phi) is 4.36. The van der Waals surface area contributed by atoms with Crippen LogP contribution in [-0.2, 0) is 13.1 Å². The number of likely N-dealkylation sites (tertiary alicyclic amines) is 1. The van der Waals surface area contributed by atoms with E-state index in [1.165, 1.54) is 18.9 Å². The highest BCUT2D eigenvalue weighted by molar-refractivity contribution is 5.27. The lowest BCUT2D eigenvalue weighted by Crippen LogP contribution is -2.41. The van der Waals surface area contributed by atoms with Crippen molar-refractivity contribution in [2.24, 2.45) is 11.7 Å². The first kappa shape index (κ1) is 13.5. The van der Waals surface area contributed by atoms with E-state index in [0.717, 1.165) is 24.2 Å². The summed E-state index contributed by atoms with van der Waals surface area (Å²) in [5.74, 6) is 0.550. The van der Waals surface area contributed by atoms with Crippen molar-refractivity contribution in [2.45, 2.75) is 45.8 Å². The molecule has 2 unspecified atom stereocenters. The van der Waals surface area contributed by atoms with E-state index in [4.69, 9.17) is 5.73 Å². The van der Waals surface area contributed by atoms with Crippen LogP contribution in [0.4, 0.5) is 4.39 Å². The molecule has 1 aliphatic heterocycles. The van der Waals surface area contributed by atoms with Gasteiger partial charge in [0.05, 0.1) is 0 Å². The molecule has 1 aromatic rings. The van der Waals surface area contributed by atoms with E-state index in [2.05, 4.69) is 18.7 Å². The molecule has 2 nitrogen and oxygen atoms in total. The highest BCUT2D eigenvalue weighted by Crippen LogP contribution is 2.25. The topological polar surface area (TPSA) is 29.3 Å². The van der Waals surface area contributed by atoms with Crippen LogP contribution in [0, 0.1) is 11.7 Å². The quantitative estimate of drug-likeness (QED) is 0.893. The van der Waals surface area contributed by atoms with E-state index >= 15 is 0 Å². The number of nitrogens with zero attached hydrogens (tertiary/aromatic N) is 1. The van der Waals surface area contributed by atoms with Gasteiger partial charge in [0.2, 0.25) is 0 Å². The Morgan fingerprint density at radius 1 is 1.33 bits per heavy atom. The molecular weight excluding hydrogens is 227 g/mol. The van der Waals surface area contributed by atoms with Gasteiger partial charge in [0, 0.05) is 19.1 Å². The molecule has 100 valence electrons. The smallest absolute Gasteiger partial charge is 0.123 e. The Hall–Kier alpha value is -0.930. The van der Waals surface area contributed by atoms with E-state index < -0.39 is 0 Å². The third-order valence-electron chi connectivity index (χ3n) is 4.27. The van der Waals surface area contributed by atoms with Gasteiger partial charge >= 0.3 is 0 Å². The van der Waals surface area contributed by atoms with E-state index in [1.807, 2.05) is 6.07 Å². The van der Waals surface area contributed by atoms with Gasteiger partial charge < -0.3 is 5.73 Å². The molecule has 0 bridgehead atoms. The molecule has 0 radical (unpaired) electrons. The molecule has 1 saturated heterocycles. The van der Waals surface area contributed by atoms with Gasteiger partial charge in [-0.3, -0.25) is 4.90 Å². The van der Waals surface area contributed by atoms with E-state index in [0.29, 0.717) is 18.5 Å². The standard InChI is InChI=1S/C15H23FN2/c1-11-4-3-7-18(12(11)2)10-14-8-15(16)6-5-13(14)9-17/h5-6,8,11-12H,3-4,7,9-10,17H2,1-2H3. The number of hydrogen-bond acceptors (Lipinski definition) is 2. The molecule has 1 heterocycles. The number of hydrogen-bond donors (Lipinski definition) is 1. The minimum absolute atomic E-state index is 0.167. The van der Waals surface area contributed by atoms with Crippen LogP contribution < -0.4 is 5.73 Å². The van der Waals surface area contributed by atoms with Crippen molar-refractivity contribution in [1.82, 2.24) is 4.90 Å². The molecule has 0 saturated carbocycles. The average Bonchev–Trinajstić information content (AvgIpc) is 2.35. The summed E-state index contributed by atoms with van der Waals surface area (Å²) in [6, 6.07) is 5.50. The maximum absolute atomic E-state index is 13.4. The zero-order valence-electron chi connectivity index (χ0n) is 11.3. The van der Waals surface area contributed by atoms with E-state index in [9.17, 15) is 4.39 Å². The van der Waals surface area contributed by atoms with Crippen LogP contribution in [-0.4, -0.2) is 17.5 Å². The van der Waals surface area contributed by atoms with Gasteiger partial charge in [-0.05, 0) is 55.5 Å². The SMILES string of the molecule is CC1CCCN(Cc2cc(F)ccc2CN)C1C. The van der Waals surface area contributed by atoms with Crippen LogP contribution in [0.15, 0.2) is 18.2 Å². The second-order valence-corrected chi connectivity index (χ2v) is 5.45. The van der Waals surface area contributed by atoms with Gasteiger partial charge in [0.1, 0.15) is 5.82 Å². The number of benzene rings is 1. The van der Waals surface area contributed by atoms with Crippen LogP contribution in [0.25, 0.3) is 0 Å². The first-order valence-electron chi connectivity index (χ1n) is 6.83. The van der Waals surface area contributed by atoms with Crippen molar-refractivity contribution >= 4 is 0 Å². The van der Waals surface area contributed by atoms with Crippen molar-refractivity contribution in [1.29, 1.82) is 0 Å². The van der Waals surface area contributed by atoms with Crippen molar-refractivity contribution in [3.05, 3.63) is 35.1 Å². The largest absolute Gasteiger partial charge is 0.326 e. The maximum Gasteiger partial charge on any atom is 0.123 e. The van der Waals surface area contributed by atoms with E-state index in [-0.39, 0.29) is 5.82 Å². The van der Waals surface area contributed by atoms with Gasteiger partial charge in [-0.15, -0.1) is 0 Å². The fourth-order valence-electron chi connectivity index (χ4n) is 2.80. The summed E-state index contributed by atoms with van der Waals surface area (Å²) in [7, 11) is 0. The minimum atomic E-state index is -0.167. The van der Waals surface area contributed by atoms with Gasteiger partial charge in [-0.1, -0.05) is 13.0 Å². The predicted molar refractivity (Wildman–Crippen MR) is 72.6 cm³/mol. The summed E-state index contributed by atoms with van der Waals surface area (Å²) in [5, 5.41) is 0. The number of rotatable bonds is 3. The lowest BCUT2D eigenvalue weighted by molar-refractivity contribution is 0.106. The Balaban J connectivity index is 2.15. The summed E-state index contributed by atoms with van der Waals surface area (Å²) < 4.78 is 13.4. The summed E-state index contributed by atoms with van der Waals surface area (Å²) >= 11 is 0. The first-order chi connectivity index (χ1) is 8.61. The summed E-state index contributed by atoms with van der Waals surface area (Å²) in [4.78, 5) is 2.45. The second-order valence-electron chi connectivity index (χ2n) is 5.45. The normalized spacial score (nSPS) is 25.3. The molecule has 0 aromatic heterocycles. The molecule has 3 heteroatoms. The van der Waals surface area contributed by atoms with Gasteiger partial charge in [0.25, 0.3) is 0 Å². The molecule has 1 fully saturated rings. The van der Waals surface area contributed by atoms with Gasteiger partial charge in [-0.2, -0.15) is 0 Å². The fourth-order valence-corrected chi connectivity index (χ4v) is 2.80. The minimum Gasteiger partial charge on any atom is -0.326 e. The molecule has 0 aliphatic carbocycles. The van der Waals surface area contributed by atoms with Crippen LogP contribution in [0.2, 0.25) is 0 Å². The zero-order chi connectivity index (χ0) is 13.1. The van der Waals surface area contributed by atoms with Crippen molar-refractivity contribution in [2.75, 3.05) is 6.54 Å². The van der Waals surface area contributed by atoms with Crippen molar-refractivity contribution in [3.8, 4) is 0 Å². The van der Waals surface area contributed by atoms with Gasteiger partial charge in [-0.25, -0.2) is 4.39 Å². The Morgan fingerprint density at radius 2 is 2.11 bits per heavy atom. The molecule has 1 aliphatic rings. The lowest BCUT2D eigenvalue weighted by Gasteiger charge is -2.38. The number of piperidine rings is 1. The number of nitrogens with two attached hydrogens (primary N) is 1. The van der Waals surface area contributed by atoms with Crippen LogP contribution in [0.5, 0.6) is 0 Å². The highest BCUT2D eigenvalue weighted by atomic mass is 19.1. The first-order valence-corrected chi connectivity index (χ1v) is 6.83. The molecule has 1 aromatic carbocycles. The predicted octanol–water partition coefficient (Wildman–Crippen LogP) is 2.90. The molecule has 18 heavy (non-hydrogen) atoms. The maximum atomic E-state index is 13.4. The lowest BCUT2D eigenvalue weighted by atomic mass is 9.91. The monoisotopic (exact) mass is 250 g/mol. The summed E-state index contributed by atoms with van der Waals surface area (Å²) in [5.41, 5.74) is 7.82. The third-order valence-corrected chi connectivity index (χ3v) is 4.27. The van der Waals surface area contributed by atoms with Crippen molar-refractivity contribution < 1.29 is 4.39 Å². The van der Waals surface area contributed by atoms with Gasteiger partial charge in [0.15, 0.2) is 0 Å². The zero-order valence-corrected chi connectivity index (χ0v) is 11.3. The molecule has 0 amide bonds. The third kappa shape index (κ3) is 2.90. The summed E-state index contributed by atoms with van der Waals surface area (Å²) in [6.45, 7) is 6.96. The Morgan fingerprint density at radius 3 is 2.83 bits per heavy atom. The number of halogens is 1. The van der Waals surface area contributed by atoms with Crippen molar-refractivity contribution in [3.63, 3.8) is 0 Å². The Labute approximate surface area is 109 Å². The second kappa shape index (κ2) is 5.81. The molecule has 2 atom stereocenters. The molecule has 2 rings (SSSR count). The average molecular weight is 250 g/mol. The molecule has 0 spiro atoms. The fraction of sp³-hybridized carbons (Fsp3) is 0.600. The summed E-state index contributed by atoms with van der Waals surface area (Å²) in [6.07, 6.45) is 2.53. The Bertz CT molecular complexity index is 405. The van der Waals surface area contributed by atoms with Crippen LogP contribution >= 0.6 is 0 Å². The van der Waals surface area contributed by atoms with E-state index in [1.54, 1.807) is 6.07 Å². The molecule has 2 N–H and O–H groups in total. The molecular formula is C15H23FN2. The highest BCUT2D eigenvalue weighted by Gasteiger charge is 2.24.